The van der Waals surface area contributed by atoms with E-state index in [1.165, 1.54) is 22.9 Å². The summed E-state index contributed by atoms with van der Waals surface area (Å²) in [4.78, 5) is 0. The molecule has 0 fully saturated rings. The summed E-state index contributed by atoms with van der Waals surface area (Å²) in [6.07, 6.45) is -3.08. The molecule has 0 aliphatic rings. The van der Waals surface area contributed by atoms with E-state index in [1.807, 2.05) is 0 Å². The van der Waals surface area contributed by atoms with Crippen LogP contribution in [0.1, 0.15) is 5.69 Å². The third-order valence-corrected chi connectivity index (χ3v) is 2.46. The minimum atomic E-state index is -4.72. The van der Waals surface area contributed by atoms with E-state index in [-0.39, 0.29) is 12.4 Å². The van der Waals surface area contributed by atoms with E-state index in [4.69, 9.17) is 5.11 Å². The predicted octanol–water partition coefficient (Wildman–Crippen LogP) is 1.78. The van der Waals surface area contributed by atoms with Crippen LogP contribution in [0.25, 0.3) is 0 Å². The lowest BCUT2D eigenvalue weighted by Crippen LogP contribution is -2.17. The van der Waals surface area contributed by atoms with Gasteiger partial charge in [0, 0.05) is 11.8 Å². The first-order chi connectivity index (χ1) is 9.96. The van der Waals surface area contributed by atoms with E-state index >= 15 is 0 Å². The maximum absolute atomic E-state index is 12.1. The molecule has 0 aliphatic heterocycles. The van der Waals surface area contributed by atoms with Crippen molar-refractivity contribution in [3.05, 3.63) is 36.2 Å². The summed E-state index contributed by atoms with van der Waals surface area (Å²) >= 11 is 0. The zero-order chi connectivity index (χ0) is 15.3. The second kappa shape index (κ2) is 6.44. The highest BCUT2D eigenvalue weighted by atomic mass is 19.4. The Morgan fingerprint density at radius 3 is 2.86 bits per heavy atom. The van der Waals surface area contributed by atoms with Gasteiger partial charge in [0.25, 0.3) is 0 Å². The number of benzene rings is 1. The van der Waals surface area contributed by atoms with Crippen LogP contribution in [0.3, 0.4) is 0 Å². The molecule has 1 aromatic heterocycles. The number of hydrogen-bond donors (Lipinski definition) is 2. The summed E-state index contributed by atoms with van der Waals surface area (Å²) in [7, 11) is 0. The Morgan fingerprint density at radius 1 is 1.33 bits per heavy atom. The van der Waals surface area contributed by atoms with Crippen molar-refractivity contribution in [2.45, 2.75) is 19.5 Å². The van der Waals surface area contributed by atoms with Crippen molar-refractivity contribution in [1.82, 2.24) is 15.0 Å². The molecule has 0 spiro atoms. The Labute approximate surface area is 118 Å². The summed E-state index contributed by atoms with van der Waals surface area (Å²) in [5.41, 5.74) is 1.07. The number of rotatable bonds is 6. The van der Waals surface area contributed by atoms with Crippen molar-refractivity contribution in [1.29, 1.82) is 0 Å². The van der Waals surface area contributed by atoms with Crippen LogP contribution in [0, 0.1) is 0 Å². The summed E-state index contributed by atoms with van der Waals surface area (Å²) < 4.78 is 41.6. The van der Waals surface area contributed by atoms with E-state index in [0.29, 0.717) is 24.5 Å². The Hall–Kier alpha value is -2.29. The lowest BCUT2D eigenvalue weighted by Gasteiger charge is -2.10. The minimum Gasteiger partial charge on any atom is -0.406 e. The van der Waals surface area contributed by atoms with Crippen molar-refractivity contribution >= 4 is 5.69 Å². The van der Waals surface area contributed by atoms with Crippen molar-refractivity contribution in [2.75, 3.05) is 11.9 Å². The summed E-state index contributed by atoms with van der Waals surface area (Å²) in [5.74, 6) is -0.295. The molecule has 0 aliphatic carbocycles. The molecule has 0 radical (unpaired) electrons. The van der Waals surface area contributed by atoms with E-state index in [0.717, 1.165) is 0 Å². The van der Waals surface area contributed by atoms with Crippen molar-refractivity contribution in [2.24, 2.45) is 0 Å². The Kier molecular flexibility index (Phi) is 4.63. The molecule has 9 heteroatoms. The van der Waals surface area contributed by atoms with Gasteiger partial charge >= 0.3 is 6.36 Å². The quantitative estimate of drug-likeness (QED) is 0.851. The predicted molar refractivity (Wildman–Crippen MR) is 67.6 cm³/mol. The van der Waals surface area contributed by atoms with Crippen molar-refractivity contribution in [3.63, 3.8) is 0 Å². The number of nitrogens with one attached hydrogen (secondary N) is 1. The van der Waals surface area contributed by atoms with E-state index in [2.05, 4.69) is 20.4 Å². The molecule has 0 bridgehead atoms. The maximum Gasteiger partial charge on any atom is 0.573 e. The average Bonchev–Trinajstić information content (AvgIpc) is 2.83. The molecular formula is C12H13F3N4O2. The number of aromatic nitrogens is 3. The van der Waals surface area contributed by atoms with Crippen LogP contribution in [-0.2, 0) is 13.1 Å². The number of aliphatic hydroxyl groups excluding tert-OH is 1. The van der Waals surface area contributed by atoms with Gasteiger partial charge in [-0.05, 0) is 12.1 Å². The van der Waals surface area contributed by atoms with Crippen LogP contribution in [-0.4, -0.2) is 33.1 Å². The summed E-state index contributed by atoms with van der Waals surface area (Å²) in [5, 5.41) is 19.3. The van der Waals surface area contributed by atoms with Gasteiger partial charge in [-0.3, -0.25) is 0 Å². The fourth-order valence-corrected chi connectivity index (χ4v) is 1.63. The maximum atomic E-state index is 12.1. The molecule has 0 amide bonds. The van der Waals surface area contributed by atoms with E-state index < -0.39 is 6.36 Å². The summed E-state index contributed by atoms with van der Waals surface area (Å²) in [6.45, 7) is 0.579. The van der Waals surface area contributed by atoms with Gasteiger partial charge in [-0.15, -0.1) is 18.3 Å². The third-order valence-electron chi connectivity index (χ3n) is 2.46. The van der Waals surface area contributed by atoms with Gasteiger partial charge in [0.2, 0.25) is 0 Å². The zero-order valence-corrected chi connectivity index (χ0v) is 10.8. The smallest absolute Gasteiger partial charge is 0.406 e. The largest absolute Gasteiger partial charge is 0.573 e. The highest BCUT2D eigenvalue weighted by molar-refractivity contribution is 5.48. The van der Waals surface area contributed by atoms with Crippen molar-refractivity contribution < 1.29 is 23.0 Å². The molecule has 0 saturated carbocycles. The lowest BCUT2D eigenvalue weighted by atomic mass is 10.3. The molecule has 2 aromatic rings. The normalized spacial score (nSPS) is 11.4. The number of aliphatic hydroxyl groups is 1. The van der Waals surface area contributed by atoms with Gasteiger partial charge in [0.05, 0.1) is 25.9 Å². The molecule has 1 aromatic carbocycles. The monoisotopic (exact) mass is 302 g/mol. The van der Waals surface area contributed by atoms with Crippen LogP contribution < -0.4 is 10.1 Å². The van der Waals surface area contributed by atoms with Gasteiger partial charge in [-0.2, -0.15) is 0 Å². The standard InChI is InChI=1S/C12H13F3N4O2/c13-12(14,15)21-11-3-1-2-9(6-11)16-7-10-8-19(4-5-20)18-17-10/h1-3,6,8,16,20H,4-5,7H2. The SMILES string of the molecule is OCCn1cc(CNc2cccc(OC(F)(F)F)c2)nn1. The first-order valence-electron chi connectivity index (χ1n) is 6.06. The van der Waals surface area contributed by atoms with Crippen LogP contribution in [0.2, 0.25) is 0 Å². The molecule has 21 heavy (non-hydrogen) atoms. The summed E-state index contributed by atoms with van der Waals surface area (Å²) in [6, 6.07) is 5.52. The number of anilines is 1. The number of ether oxygens (including phenoxy) is 1. The van der Waals surface area contributed by atoms with E-state index in [1.54, 1.807) is 12.3 Å². The molecule has 0 saturated heterocycles. The molecule has 114 valence electrons. The van der Waals surface area contributed by atoms with Crippen molar-refractivity contribution in [3.8, 4) is 5.75 Å². The minimum absolute atomic E-state index is 0.0486. The molecular weight excluding hydrogens is 289 g/mol. The molecule has 6 nitrogen and oxygen atoms in total. The molecule has 0 atom stereocenters. The fraction of sp³-hybridized carbons (Fsp3) is 0.333. The second-order valence-corrected chi connectivity index (χ2v) is 4.13. The first kappa shape index (κ1) is 15.1. The zero-order valence-electron chi connectivity index (χ0n) is 10.8. The van der Waals surface area contributed by atoms with Crippen LogP contribution >= 0.6 is 0 Å². The van der Waals surface area contributed by atoms with Crippen LogP contribution in [0.15, 0.2) is 30.5 Å². The molecule has 0 unspecified atom stereocenters. The average molecular weight is 302 g/mol. The Bertz CT molecular complexity index is 586. The molecule has 2 N–H and O–H groups in total. The van der Waals surface area contributed by atoms with Gasteiger partial charge in [0.15, 0.2) is 0 Å². The highest BCUT2D eigenvalue weighted by Gasteiger charge is 2.31. The van der Waals surface area contributed by atoms with E-state index in [9.17, 15) is 13.2 Å². The highest BCUT2D eigenvalue weighted by Crippen LogP contribution is 2.25. The molecule has 1 heterocycles. The first-order valence-corrected chi connectivity index (χ1v) is 6.06. The van der Waals surface area contributed by atoms with Gasteiger partial charge < -0.3 is 15.2 Å². The van der Waals surface area contributed by atoms with Gasteiger partial charge in [-0.25, -0.2) is 4.68 Å². The van der Waals surface area contributed by atoms with Gasteiger partial charge in [-0.1, -0.05) is 11.3 Å². The van der Waals surface area contributed by atoms with Crippen LogP contribution in [0.5, 0.6) is 5.75 Å². The number of alkyl halides is 3. The second-order valence-electron chi connectivity index (χ2n) is 4.13. The Balaban J connectivity index is 1.94. The topological polar surface area (TPSA) is 72.2 Å². The number of halogens is 3. The number of nitrogens with zero attached hydrogens (tertiary/aromatic N) is 3. The Morgan fingerprint density at radius 2 is 2.14 bits per heavy atom. The molecule has 2 rings (SSSR count). The lowest BCUT2D eigenvalue weighted by molar-refractivity contribution is -0.274. The third kappa shape index (κ3) is 4.95. The number of hydrogen-bond acceptors (Lipinski definition) is 5. The van der Waals surface area contributed by atoms with Gasteiger partial charge in [0.1, 0.15) is 11.4 Å². The van der Waals surface area contributed by atoms with Crippen LogP contribution in [0.4, 0.5) is 18.9 Å². The fourth-order valence-electron chi connectivity index (χ4n) is 1.63.